The van der Waals surface area contributed by atoms with Crippen LogP contribution in [0.25, 0.3) is 0 Å². The molecular weight excluding hydrogens is 285 g/mol. The van der Waals surface area contributed by atoms with Crippen LogP contribution in [0.5, 0.6) is 11.5 Å². The zero-order valence-electron chi connectivity index (χ0n) is 11.4. The number of rotatable bonds is 5. The van der Waals surface area contributed by atoms with Crippen LogP contribution in [-0.4, -0.2) is 11.5 Å². The fraction of sp³-hybridized carbons (Fsp3) is 0. The average molecular weight is 297 g/mol. The number of nitrogens with one attached hydrogen (secondary N) is 2. The van der Waals surface area contributed by atoms with Crippen LogP contribution >= 0.6 is 0 Å². The Balaban J connectivity index is 2.22. The number of hydrazone groups is 1. The lowest BCUT2D eigenvalue weighted by atomic mass is 10.3. The third-order valence-corrected chi connectivity index (χ3v) is 2.58. The first-order chi connectivity index (χ1) is 10.6. The number of nitrogens with zero attached hydrogens (tertiary/aromatic N) is 2. The summed E-state index contributed by atoms with van der Waals surface area (Å²) >= 11 is 0. The second-order valence-corrected chi connectivity index (χ2v) is 4.15. The maximum absolute atomic E-state index is 12.9. The predicted molar refractivity (Wildman–Crippen MR) is 81.5 cm³/mol. The molecule has 110 valence electrons. The molecule has 2 aromatic rings. The highest BCUT2D eigenvalue weighted by Crippen LogP contribution is 2.29. The molecule has 0 saturated carbocycles. The molecule has 2 rings (SSSR count). The highest BCUT2D eigenvalue weighted by molar-refractivity contribution is 6.45. The van der Waals surface area contributed by atoms with E-state index in [2.05, 4.69) is 10.5 Å². The highest BCUT2D eigenvalue weighted by Gasteiger charge is 2.06. The number of hydrogen-bond acceptors (Lipinski definition) is 5. The van der Waals surface area contributed by atoms with Crippen molar-refractivity contribution in [2.24, 2.45) is 10.8 Å². The number of anilines is 1. The summed E-state index contributed by atoms with van der Waals surface area (Å²) in [6, 6.07) is 14.1. The van der Waals surface area contributed by atoms with Crippen LogP contribution in [0.3, 0.4) is 0 Å². The zero-order chi connectivity index (χ0) is 15.9. The molecule has 0 atom stereocenters. The van der Waals surface area contributed by atoms with Gasteiger partial charge in [-0.1, -0.05) is 12.1 Å². The number of halogens is 1. The normalized spacial score (nSPS) is 10.6. The highest BCUT2D eigenvalue weighted by atomic mass is 19.1. The molecule has 4 N–H and O–H groups in total. The van der Waals surface area contributed by atoms with Crippen molar-refractivity contribution in [3.63, 3.8) is 0 Å². The first-order valence-electron chi connectivity index (χ1n) is 6.21. The van der Waals surface area contributed by atoms with Crippen LogP contribution in [0, 0.1) is 22.6 Å². The van der Waals surface area contributed by atoms with Gasteiger partial charge in [0.2, 0.25) is 5.71 Å². The van der Waals surface area contributed by atoms with E-state index >= 15 is 0 Å². The molecule has 0 aliphatic heterocycles. The van der Waals surface area contributed by atoms with E-state index in [1.807, 2.05) is 0 Å². The second-order valence-electron chi connectivity index (χ2n) is 4.15. The van der Waals surface area contributed by atoms with Gasteiger partial charge in [0, 0.05) is 0 Å². The summed E-state index contributed by atoms with van der Waals surface area (Å²) in [5, 5.41) is 19.7. The summed E-state index contributed by atoms with van der Waals surface area (Å²) in [4.78, 5) is 0. The van der Waals surface area contributed by atoms with Crippen molar-refractivity contribution in [3.8, 4) is 17.6 Å². The standard InChI is InChI=1S/C15H12FN5O/c16-10-5-7-11(8-6-10)22-14-4-2-1-3-12(14)20-21-13(9-17)15(18)19/h1-8,20H,(H3,18,19)/b21-13+. The molecule has 0 spiro atoms. The van der Waals surface area contributed by atoms with Crippen LogP contribution in [-0.2, 0) is 0 Å². The molecule has 0 unspecified atom stereocenters. The van der Waals surface area contributed by atoms with E-state index in [1.54, 1.807) is 30.3 Å². The van der Waals surface area contributed by atoms with Crippen LogP contribution in [0.15, 0.2) is 53.6 Å². The molecule has 0 radical (unpaired) electrons. The Labute approximate surface area is 126 Å². The third kappa shape index (κ3) is 3.80. The smallest absolute Gasteiger partial charge is 0.201 e. The number of benzene rings is 2. The third-order valence-electron chi connectivity index (χ3n) is 2.58. The van der Waals surface area contributed by atoms with Crippen LogP contribution in [0.1, 0.15) is 0 Å². The first-order valence-corrected chi connectivity index (χ1v) is 6.21. The minimum absolute atomic E-state index is 0.239. The summed E-state index contributed by atoms with van der Waals surface area (Å²) in [5.41, 5.74) is 8.07. The van der Waals surface area contributed by atoms with Crippen molar-refractivity contribution in [2.45, 2.75) is 0 Å². The molecule has 7 heteroatoms. The first kappa shape index (κ1) is 15.0. The van der Waals surface area contributed by atoms with Crippen molar-refractivity contribution in [2.75, 3.05) is 5.43 Å². The summed E-state index contributed by atoms with van der Waals surface area (Å²) in [7, 11) is 0. The Bertz CT molecular complexity index is 749. The van der Waals surface area contributed by atoms with Gasteiger partial charge in [-0.3, -0.25) is 10.8 Å². The Morgan fingerprint density at radius 1 is 1.23 bits per heavy atom. The number of amidine groups is 1. The molecule has 0 heterocycles. The maximum atomic E-state index is 12.9. The molecule has 0 aliphatic rings. The second kappa shape index (κ2) is 6.85. The van der Waals surface area contributed by atoms with Crippen molar-refractivity contribution < 1.29 is 9.13 Å². The lowest BCUT2D eigenvalue weighted by molar-refractivity contribution is 0.482. The lowest BCUT2D eigenvalue weighted by Gasteiger charge is -2.10. The molecule has 6 nitrogen and oxygen atoms in total. The molecule has 0 aliphatic carbocycles. The number of ether oxygens (including phenoxy) is 1. The number of nitrogens with two attached hydrogens (primary N) is 1. The van der Waals surface area contributed by atoms with Gasteiger partial charge in [-0.15, -0.1) is 0 Å². The fourth-order valence-electron chi connectivity index (χ4n) is 1.54. The largest absolute Gasteiger partial charge is 0.455 e. The quantitative estimate of drug-likeness (QED) is 0.448. The van der Waals surface area contributed by atoms with Gasteiger partial charge in [-0.05, 0) is 36.4 Å². The molecule has 0 aromatic heterocycles. The fourth-order valence-corrected chi connectivity index (χ4v) is 1.54. The molecule has 0 saturated heterocycles. The Morgan fingerprint density at radius 2 is 1.91 bits per heavy atom. The Morgan fingerprint density at radius 3 is 2.55 bits per heavy atom. The summed E-state index contributed by atoms with van der Waals surface area (Å²) in [5.74, 6) is 0.0841. The monoisotopic (exact) mass is 297 g/mol. The lowest BCUT2D eigenvalue weighted by Crippen LogP contribution is -2.21. The average Bonchev–Trinajstić information content (AvgIpc) is 2.51. The van der Waals surface area contributed by atoms with Gasteiger partial charge in [0.15, 0.2) is 11.6 Å². The Kier molecular flexibility index (Phi) is 4.67. The van der Waals surface area contributed by atoms with Crippen molar-refractivity contribution in [3.05, 3.63) is 54.3 Å². The minimum atomic E-state index is -0.438. The molecule has 22 heavy (non-hydrogen) atoms. The zero-order valence-corrected chi connectivity index (χ0v) is 11.4. The van der Waals surface area contributed by atoms with Crippen LogP contribution in [0.4, 0.5) is 10.1 Å². The SMILES string of the molecule is N#C/C(=N\Nc1ccccc1Oc1ccc(F)cc1)C(=N)N. The van der Waals surface area contributed by atoms with Crippen LogP contribution in [0.2, 0.25) is 0 Å². The van der Waals surface area contributed by atoms with Gasteiger partial charge in [0.1, 0.15) is 17.6 Å². The summed E-state index contributed by atoms with van der Waals surface area (Å²) in [6.45, 7) is 0. The molecular formula is C15H12FN5O. The summed E-state index contributed by atoms with van der Waals surface area (Å²) < 4.78 is 18.5. The van der Waals surface area contributed by atoms with Gasteiger partial charge in [0.25, 0.3) is 0 Å². The van der Waals surface area contributed by atoms with Crippen LogP contribution < -0.4 is 15.9 Å². The van der Waals surface area contributed by atoms with E-state index in [0.717, 1.165) is 0 Å². The number of hydrogen-bond donors (Lipinski definition) is 3. The number of para-hydroxylation sites is 2. The topological polar surface area (TPSA) is 107 Å². The van der Waals surface area contributed by atoms with E-state index in [0.29, 0.717) is 17.2 Å². The van der Waals surface area contributed by atoms with E-state index < -0.39 is 5.84 Å². The Hall–Kier alpha value is -3.40. The van der Waals surface area contributed by atoms with Crippen molar-refractivity contribution >= 4 is 17.2 Å². The van der Waals surface area contributed by atoms with Crippen molar-refractivity contribution in [1.29, 1.82) is 10.7 Å². The maximum Gasteiger partial charge on any atom is 0.201 e. The molecule has 0 fully saturated rings. The van der Waals surface area contributed by atoms with E-state index in [9.17, 15) is 4.39 Å². The molecule has 2 aromatic carbocycles. The molecule has 0 amide bonds. The predicted octanol–water partition coefficient (Wildman–Crippen LogP) is 2.85. The van der Waals surface area contributed by atoms with E-state index in [1.165, 1.54) is 24.3 Å². The number of nitriles is 1. The minimum Gasteiger partial charge on any atom is -0.455 e. The van der Waals surface area contributed by atoms with E-state index in [-0.39, 0.29) is 11.5 Å². The van der Waals surface area contributed by atoms with Gasteiger partial charge in [0.05, 0.1) is 5.69 Å². The van der Waals surface area contributed by atoms with Gasteiger partial charge < -0.3 is 10.5 Å². The van der Waals surface area contributed by atoms with Gasteiger partial charge in [-0.2, -0.15) is 10.4 Å². The molecule has 0 bridgehead atoms. The van der Waals surface area contributed by atoms with Crippen molar-refractivity contribution in [1.82, 2.24) is 0 Å². The van der Waals surface area contributed by atoms with Gasteiger partial charge in [-0.25, -0.2) is 4.39 Å². The van der Waals surface area contributed by atoms with Gasteiger partial charge >= 0.3 is 0 Å². The summed E-state index contributed by atoms with van der Waals surface area (Å²) in [6.07, 6.45) is 0. The van der Waals surface area contributed by atoms with E-state index in [4.69, 9.17) is 21.1 Å².